The highest BCUT2D eigenvalue weighted by molar-refractivity contribution is 5.94. The minimum Gasteiger partial charge on any atom is -0.497 e. The van der Waals surface area contributed by atoms with E-state index in [1.165, 1.54) is 0 Å². The van der Waals surface area contributed by atoms with E-state index in [2.05, 4.69) is 10.3 Å². The summed E-state index contributed by atoms with van der Waals surface area (Å²) in [5.74, 6) is 1.65. The zero-order chi connectivity index (χ0) is 13.9. The van der Waals surface area contributed by atoms with Crippen molar-refractivity contribution in [2.75, 3.05) is 18.2 Å². The van der Waals surface area contributed by atoms with Crippen LogP contribution in [0.2, 0.25) is 0 Å². The molecule has 3 N–H and O–H groups in total. The summed E-state index contributed by atoms with van der Waals surface area (Å²) in [5.41, 5.74) is 7.38. The van der Waals surface area contributed by atoms with Crippen molar-refractivity contribution in [3.05, 3.63) is 54.7 Å². The molecule has 0 atom stereocenters. The van der Waals surface area contributed by atoms with Gasteiger partial charge in [0.2, 0.25) is 0 Å². The van der Waals surface area contributed by atoms with Gasteiger partial charge >= 0.3 is 0 Å². The molecular weight excluding hydrogens is 250 g/mol. The van der Waals surface area contributed by atoms with E-state index >= 15 is 0 Å². The van der Waals surface area contributed by atoms with E-state index in [0.717, 1.165) is 33.7 Å². The minimum absolute atomic E-state index is 0.742. The molecule has 0 radical (unpaired) electrons. The van der Waals surface area contributed by atoms with Gasteiger partial charge in [0.05, 0.1) is 7.11 Å². The largest absolute Gasteiger partial charge is 0.497 e. The molecule has 100 valence electrons. The monoisotopic (exact) mass is 265 g/mol. The molecule has 1 aromatic heterocycles. The molecule has 0 saturated carbocycles. The second-order valence-electron chi connectivity index (χ2n) is 4.49. The van der Waals surface area contributed by atoms with Gasteiger partial charge in [0.1, 0.15) is 11.6 Å². The summed E-state index contributed by atoms with van der Waals surface area (Å²) in [6.45, 7) is 0. The lowest BCUT2D eigenvalue weighted by molar-refractivity contribution is 0.415. The third-order valence-electron chi connectivity index (χ3n) is 3.15. The van der Waals surface area contributed by atoms with E-state index in [4.69, 9.17) is 10.5 Å². The number of ether oxygens (including phenoxy) is 1. The zero-order valence-corrected chi connectivity index (χ0v) is 11.1. The van der Waals surface area contributed by atoms with Crippen LogP contribution in [0.5, 0.6) is 5.75 Å². The average molecular weight is 265 g/mol. The SMILES string of the molecule is COc1ccc2c(Nc3ccc(N)cc3)nccc2c1. The molecule has 0 bridgehead atoms. The number of hydrogen-bond acceptors (Lipinski definition) is 4. The molecule has 1 heterocycles. The van der Waals surface area contributed by atoms with Gasteiger partial charge in [-0.1, -0.05) is 0 Å². The van der Waals surface area contributed by atoms with Crippen molar-refractivity contribution in [2.24, 2.45) is 0 Å². The lowest BCUT2D eigenvalue weighted by atomic mass is 10.1. The first-order chi connectivity index (χ1) is 9.76. The van der Waals surface area contributed by atoms with Crippen LogP contribution in [0, 0.1) is 0 Å². The summed E-state index contributed by atoms with van der Waals surface area (Å²) in [7, 11) is 1.66. The third kappa shape index (κ3) is 2.36. The Kier molecular flexibility index (Phi) is 3.13. The maximum absolute atomic E-state index is 5.69. The summed E-state index contributed by atoms with van der Waals surface area (Å²) >= 11 is 0. The number of aromatic nitrogens is 1. The fourth-order valence-corrected chi connectivity index (χ4v) is 2.09. The van der Waals surface area contributed by atoms with Gasteiger partial charge < -0.3 is 15.8 Å². The number of pyridine rings is 1. The maximum Gasteiger partial charge on any atom is 0.138 e. The van der Waals surface area contributed by atoms with Gasteiger partial charge in [0.15, 0.2) is 0 Å². The van der Waals surface area contributed by atoms with E-state index in [-0.39, 0.29) is 0 Å². The molecule has 0 aliphatic heterocycles. The average Bonchev–Trinajstić information content (AvgIpc) is 2.49. The molecule has 4 nitrogen and oxygen atoms in total. The van der Waals surface area contributed by atoms with Gasteiger partial charge in [-0.2, -0.15) is 0 Å². The Morgan fingerprint density at radius 3 is 2.60 bits per heavy atom. The highest BCUT2D eigenvalue weighted by atomic mass is 16.5. The molecule has 0 amide bonds. The molecule has 0 saturated heterocycles. The predicted octanol–water partition coefficient (Wildman–Crippen LogP) is 3.57. The Labute approximate surface area is 117 Å². The molecule has 0 spiro atoms. The summed E-state index contributed by atoms with van der Waals surface area (Å²) in [4.78, 5) is 4.40. The smallest absolute Gasteiger partial charge is 0.138 e. The minimum atomic E-state index is 0.742. The molecule has 2 aromatic carbocycles. The third-order valence-corrected chi connectivity index (χ3v) is 3.15. The van der Waals surface area contributed by atoms with Crippen molar-refractivity contribution in [2.45, 2.75) is 0 Å². The van der Waals surface area contributed by atoms with Crippen molar-refractivity contribution in [1.82, 2.24) is 4.98 Å². The van der Waals surface area contributed by atoms with Crippen LogP contribution < -0.4 is 15.8 Å². The van der Waals surface area contributed by atoms with E-state index < -0.39 is 0 Å². The second-order valence-corrected chi connectivity index (χ2v) is 4.49. The van der Waals surface area contributed by atoms with Crippen LogP contribution in [0.1, 0.15) is 0 Å². The van der Waals surface area contributed by atoms with Crippen molar-refractivity contribution in [1.29, 1.82) is 0 Å². The molecular formula is C16H15N3O. The molecule has 20 heavy (non-hydrogen) atoms. The van der Waals surface area contributed by atoms with Crippen LogP contribution in [0.3, 0.4) is 0 Å². The fourth-order valence-electron chi connectivity index (χ4n) is 2.09. The number of methoxy groups -OCH3 is 1. The van der Waals surface area contributed by atoms with Crippen molar-refractivity contribution in [3.63, 3.8) is 0 Å². The van der Waals surface area contributed by atoms with E-state index in [1.807, 2.05) is 48.5 Å². The molecule has 4 heteroatoms. The summed E-state index contributed by atoms with van der Waals surface area (Å²) in [6.07, 6.45) is 1.78. The van der Waals surface area contributed by atoms with Crippen LogP contribution in [-0.4, -0.2) is 12.1 Å². The lowest BCUT2D eigenvalue weighted by Crippen LogP contribution is -1.95. The maximum atomic E-state index is 5.69. The number of rotatable bonds is 3. The quantitative estimate of drug-likeness (QED) is 0.711. The van der Waals surface area contributed by atoms with Crippen LogP contribution in [-0.2, 0) is 0 Å². The van der Waals surface area contributed by atoms with Crippen LogP contribution in [0.4, 0.5) is 17.2 Å². The van der Waals surface area contributed by atoms with E-state index in [0.29, 0.717) is 0 Å². The second kappa shape index (κ2) is 5.09. The van der Waals surface area contributed by atoms with Gasteiger partial charge in [0, 0.05) is 23.0 Å². The normalized spacial score (nSPS) is 10.4. The number of nitrogens with zero attached hydrogens (tertiary/aromatic N) is 1. The first kappa shape index (κ1) is 12.3. The lowest BCUT2D eigenvalue weighted by Gasteiger charge is -2.10. The van der Waals surface area contributed by atoms with E-state index in [1.54, 1.807) is 13.3 Å². The van der Waals surface area contributed by atoms with Crippen molar-refractivity contribution >= 4 is 28.0 Å². The first-order valence-electron chi connectivity index (χ1n) is 6.31. The molecule has 0 aliphatic rings. The molecule has 0 unspecified atom stereocenters. The number of nitrogens with two attached hydrogens (primary N) is 1. The van der Waals surface area contributed by atoms with Crippen molar-refractivity contribution < 1.29 is 4.74 Å². The first-order valence-corrected chi connectivity index (χ1v) is 6.31. The summed E-state index contributed by atoms with van der Waals surface area (Å²) in [6, 6.07) is 15.5. The van der Waals surface area contributed by atoms with Crippen molar-refractivity contribution in [3.8, 4) is 5.75 Å². The number of fused-ring (bicyclic) bond motifs is 1. The Balaban J connectivity index is 2.01. The Hall–Kier alpha value is -2.75. The molecule has 3 rings (SSSR count). The Morgan fingerprint density at radius 2 is 1.85 bits per heavy atom. The number of nitrogens with one attached hydrogen (secondary N) is 1. The van der Waals surface area contributed by atoms with Gasteiger partial charge in [0.25, 0.3) is 0 Å². The van der Waals surface area contributed by atoms with Crippen LogP contribution in [0.25, 0.3) is 10.8 Å². The standard InChI is InChI=1S/C16H15N3O/c1-20-14-6-7-15-11(10-14)8-9-18-16(15)19-13-4-2-12(17)3-5-13/h2-10H,17H2,1H3,(H,18,19). The predicted molar refractivity (Wildman–Crippen MR) is 82.4 cm³/mol. The van der Waals surface area contributed by atoms with Crippen LogP contribution in [0.15, 0.2) is 54.7 Å². The van der Waals surface area contributed by atoms with Gasteiger partial charge in [-0.3, -0.25) is 0 Å². The number of hydrogen-bond donors (Lipinski definition) is 2. The van der Waals surface area contributed by atoms with Crippen LogP contribution >= 0.6 is 0 Å². The number of anilines is 3. The topological polar surface area (TPSA) is 60.2 Å². The molecule has 3 aromatic rings. The fraction of sp³-hybridized carbons (Fsp3) is 0.0625. The van der Waals surface area contributed by atoms with Gasteiger partial charge in [-0.15, -0.1) is 0 Å². The van der Waals surface area contributed by atoms with E-state index in [9.17, 15) is 0 Å². The zero-order valence-electron chi connectivity index (χ0n) is 11.1. The highest BCUT2D eigenvalue weighted by Gasteiger charge is 2.04. The molecule has 0 fully saturated rings. The van der Waals surface area contributed by atoms with Gasteiger partial charge in [-0.25, -0.2) is 4.98 Å². The summed E-state index contributed by atoms with van der Waals surface area (Å²) < 4.78 is 5.24. The summed E-state index contributed by atoms with van der Waals surface area (Å²) in [5, 5.41) is 5.43. The number of nitrogen functional groups attached to an aromatic ring is 1. The number of benzene rings is 2. The highest BCUT2D eigenvalue weighted by Crippen LogP contribution is 2.27. The Morgan fingerprint density at radius 1 is 1.05 bits per heavy atom. The van der Waals surface area contributed by atoms with Gasteiger partial charge in [-0.05, 0) is 53.9 Å². The Bertz CT molecular complexity index is 738. The molecule has 0 aliphatic carbocycles.